The minimum absolute atomic E-state index is 0.533. The lowest BCUT2D eigenvalue weighted by Gasteiger charge is -2.05. The molecular weight excluding hydrogens is 282 g/mol. The first-order valence-electron chi connectivity index (χ1n) is 5.55. The van der Waals surface area contributed by atoms with E-state index in [1.165, 1.54) is 0 Å². The molecule has 0 unspecified atom stereocenters. The lowest BCUT2D eigenvalue weighted by Crippen LogP contribution is -2.02. The van der Waals surface area contributed by atoms with E-state index >= 15 is 0 Å². The van der Waals surface area contributed by atoms with Gasteiger partial charge in [-0.15, -0.1) is 0 Å². The molecule has 2 heterocycles. The number of furan rings is 1. The average Bonchev–Trinajstić information content (AvgIpc) is 2.77. The third-order valence-electron chi connectivity index (χ3n) is 2.68. The molecule has 0 aliphatic heterocycles. The molecule has 17 heavy (non-hydrogen) atoms. The van der Waals surface area contributed by atoms with Crippen molar-refractivity contribution in [2.24, 2.45) is 13.0 Å². The van der Waals surface area contributed by atoms with Crippen LogP contribution in [-0.4, -0.2) is 9.78 Å². The van der Waals surface area contributed by atoms with Gasteiger partial charge in [0, 0.05) is 12.6 Å². The molecule has 0 amide bonds. The van der Waals surface area contributed by atoms with Crippen molar-refractivity contribution in [2.75, 3.05) is 5.73 Å². The first-order chi connectivity index (χ1) is 8.00. The van der Waals surface area contributed by atoms with Gasteiger partial charge in [0.2, 0.25) is 0 Å². The minimum atomic E-state index is 0.533. The van der Waals surface area contributed by atoms with E-state index in [9.17, 15) is 0 Å². The summed E-state index contributed by atoms with van der Waals surface area (Å²) in [5.41, 5.74) is 9.00. The van der Waals surface area contributed by atoms with Crippen LogP contribution in [0.5, 0.6) is 0 Å². The zero-order chi connectivity index (χ0) is 12.6. The van der Waals surface area contributed by atoms with Gasteiger partial charge in [0.1, 0.15) is 11.5 Å². The average molecular weight is 298 g/mol. The van der Waals surface area contributed by atoms with E-state index in [0.29, 0.717) is 10.6 Å². The Hall–Kier alpha value is -1.23. The van der Waals surface area contributed by atoms with Crippen LogP contribution >= 0.6 is 15.9 Å². The van der Waals surface area contributed by atoms with Gasteiger partial charge in [-0.1, -0.05) is 13.8 Å². The van der Waals surface area contributed by atoms with Crippen molar-refractivity contribution in [1.82, 2.24) is 9.78 Å². The van der Waals surface area contributed by atoms with Crippen molar-refractivity contribution in [3.8, 4) is 11.3 Å². The van der Waals surface area contributed by atoms with Gasteiger partial charge < -0.3 is 10.2 Å². The Balaban J connectivity index is 2.54. The number of hydrogen-bond acceptors (Lipinski definition) is 3. The Morgan fingerprint density at radius 1 is 1.53 bits per heavy atom. The van der Waals surface area contributed by atoms with E-state index in [0.717, 1.165) is 29.1 Å². The number of hydrogen-bond donors (Lipinski definition) is 1. The van der Waals surface area contributed by atoms with Gasteiger partial charge in [-0.3, -0.25) is 4.68 Å². The summed E-state index contributed by atoms with van der Waals surface area (Å²) in [7, 11) is 1.86. The van der Waals surface area contributed by atoms with E-state index in [1.54, 1.807) is 10.9 Å². The predicted molar refractivity (Wildman–Crippen MR) is 71.6 cm³/mol. The van der Waals surface area contributed by atoms with E-state index in [2.05, 4.69) is 34.9 Å². The third kappa shape index (κ3) is 2.24. The van der Waals surface area contributed by atoms with Gasteiger partial charge in [0.05, 0.1) is 11.8 Å². The molecular formula is C12H16BrN3O. The SMILES string of the molecule is CC(C)Cc1c(-c2ccoc2Br)nn(C)c1N. The summed E-state index contributed by atoms with van der Waals surface area (Å²) >= 11 is 3.38. The number of anilines is 1. The van der Waals surface area contributed by atoms with Crippen LogP contribution in [0.1, 0.15) is 19.4 Å². The van der Waals surface area contributed by atoms with Gasteiger partial charge in [-0.25, -0.2) is 0 Å². The van der Waals surface area contributed by atoms with Crippen molar-refractivity contribution in [3.63, 3.8) is 0 Å². The van der Waals surface area contributed by atoms with Gasteiger partial charge >= 0.3 is 0 Å². The summed E-state index contributed by atoms with van der Waals surface area (Å²) in [4.78, 5) is 0. The summed E-state index contributed by atoms with van der Waals surface area (Å²) < 4.78 is 7.66. The van der Waals surface area contributed by atoms with Crippen molar-refractivity contribution >= 4 is 21.7 Å². The molecule has 0 atom stereocenters. The first kappa shape index (κ1) is 12.2. The van der Waals surface area contributed by atoms with Gasteiger partial charge in [0.25, 0.3) is 0 Å². The molecule has 0 aliphatic carbocycles. The number of nitrogen functional groups attached to an aromatic ring is 1. The van der Waals surface area contributed by atoms with E-state index < -0.39 is 0 Å². The predicted octanol–water partition coefficient (Wildman–Crippen LogP) is 3.22. The van der Waals surface area contributed by atoms with E-state index in [1.807, 2.05) is 13.1 Å². The number of aryl methyl sites for hydroxylation is 1. The highest BCUT2D eigenvalue weighted by Gasteiger charge is 2.19. The second kappa shape index (κ2) is 4.56. The Bertz CT molecular complexity index is 528. The number of nitrogens with zero attached hydrogens (tertiary/aromatic N) is 2. The van der Waals surface area contributed by atoms with Crippen molar-refractivity contribution in [1.29, 1.82) is 0 Å². The maximum atomic E-state index is 6.06. The lowest BCUT2D eigenvalue weighted by atomic mass is 10.0. The summed E-state index contributed by atoms with van der Waals surface area (Å²) in [6.07, 6.45) is 2.55. The highest BCUT2D eigenvalue weighted by atomic mass is 79.9. The summed E-state index contributed by atoms with van der Waals surface area (Å²) in [6.45, 7) is 4.33. The molecule has 0 fully saturated rings. The molecule has 2 rings (SSSR count). The van der Waals surface area contributed by atoms with Crippen LogP contribution in [0.3, 0.4) is 0 Å². The van der Waals surface area contributed by atoms with Gasteiger partial charge in [-0.05, 0) is 34.3 Å². The second-order valence-corrected chi connectivity index (χ2v) is 5.26. The molecule has 0 radical (unpaired) electrons. The Labute approximate surface area is 109 Å². The molecule has 2 aromatic heterocycles. The van der Waals surface area contributed by atoms with Gasteiger partial charge in [0.15, 0.2) is 4.67 Å². The van der Waals surface area contributed by atoms with Crippen LogP contribution in [0.4, 0.5) is 5.82 Å². The monoisotopic (exact) mass is 297 g/mol. The van der Waals surface area contributed by atoms with Gasteiger partial charge in [-0.2, -0.15) is 5.10 Å². The third-order valence-corrected chi connectivity index (χ3v) is 3.29. The van der Waals surface area contributed by atoms with Crippen LogP contribution in [0, 0.1) is 5.92 Å². The topological polar surface area (TPSA) is 57.0 Å². The standard InChI is InChI=1S/C12H16BrN3O/c1-7(2)6-9-10(15-16(3)12(9)14)8-4-5-17-11(8)13/h4-5,7H,6,14H2,1-3H3. The number of halogens is 1. The molecule has 5 heteroatoms. The second-order valence-electron chi connectivity index (χ2n) is 4.54. The highest BCUT2D eigenvalue weighted by Crippen LogP contribution is 2.34. The van der Waals surface area contributed by atoms with Crippen LogP contribution in [0.15, 0.2) is 21.4 Å². The summed E-state index contributed by atoms with van der Waals surface area (Å²) in [5, 5.41) is 4.47. The summed E-state index contributed by atoms with van der Waals surface area (Å²) in [5.74, 6) is 1.26. The fraction of sp³-hybridized carbons (Fsp3) is 0.417. The van der Waals surface area contributed by atoms with Crippen molar-refractivity contribution in [2.45, 2.75) is 20.3 Å². The molecule has 0 aliphatic rings. The first-order valence-corrected chi connectivity index (χ1v) is 6.34. The number of rotatable bonds is 3. The normalized spacial score (nSPS) is 11.4. The molecule has 2 aromatic rings. The molecule has 0 saturated carbocycles. The van der Waals surface area contributed by atoms with E-state index in [4.69, 9.17) is 10.2 Å². The molecule has 4 nitrogen and oxygen atoms in total. The Morgan fingerprint density at radius 2 is 2.24 bits per heavy atom. The van der Waals surface area contributed by atoms with Crippen LogP contribution in [0.25, 0.3) is 11.3 Å². The molecule has 0 aromatic carbocycles. The van der Waals surface area contributed by atoms with E-state index in [-0.39, 0.29) is 0 Å². The maximum Gasteiger partial charge on any atom is 0.178 e. The Kier molecular flexibility index (Phi) is 3.28. The number of aromatic nitrogens is 2. The zero-order valence-corrected chi connectivity index (χ0v) is 11.8. The maximum absolute atomic E-state index is 6.06. The van der Waals surface area contributed by atoms with Crippen LogP contribution in [0.2, 0.25) is 0 Å². The van der Waals surface area contributed by atoms with Crippen molar-refractivity contribution in [3.05, 3.63) is 22.6 Å². The smallest absolute Gasteiger partial charge is 0.178 e. The van der Waals surface area contributed by atoms with Crippen molar-refractivity contribution < 1.29 is 4.42 Å². The zero-order valence-electron chi connectivity index (χ0n) is 10.2. The largest absolute Gasteiger partial charge is 0.457 e. The number of nitrogens with two attached hydrogens (primary N) is 1. The quantitative estimate of drug-likeness (QED) is 0.946. The van der Waals surface area contributed by atoms with Crippen LogP contribution < -0.4 is 5.73 Å². The molecule has 0 saturated heterocycles. The molecule has 2 N–H and O–H groups in total. The molecule has 0 bridgehead atoms. The fourth-order valence-electron chi connectivity index (χ4n) is 1.87. The Morgan fingerprint density at radius 3 is 2.76 bits per heavy atom. The minimum Gasteiger partial charge on any atom is -0.457 e. The highest BCUT2D eigenvalue weighted by molar-refractivity contribution is 9.10. The lowest BCUT2D eigenvalue weighted by molar-refractivity contribution is 0.542. The molecule has 92 valence electrons. The van der Waals surface area contributed by atoms with Crippen LogP contribution in [-0.2, 0) is 13.5 Å². The molecule has 0 spiro atoms. The fourth-order valence-corrected chi connectivity index (χ4v) is 2.30. The summed E-state index contributed by atoms with van der Waals surface area (Å²) in [6, 6.07) is 1.90.